The van der Waals surface area contributed by atoms with E-state index >= 15 is 0 Å². The Kier molecular flexibility index (Phi) is 4.42. The lowest BCUT2D eigenvalue weighted by atomic mass is 10.0. The van der Waals surface area contributed by atoms with Gasteiger partial charge in [-0.15, -0.1) is 0 Å². The number of amides is 1. The van der Waals surface area contributed by atoms with E-state index in [0.717, 1.165) is 16.5 Å². The van der Waals surface area contributed by atoms with Gasteiger partial charge >= 0.3 is 0 Å². The van der Waals surface area contributed by atoms with Gasteiger partial charge in [-0.05, 0) is 25.0 Å². The number of nitrogens with one attached hydrogen (secondary N) is 1. The maximum atomic E-state index is 12.1. The van der Waals surface area contributed by atoms with Gasteiger partial charge < -0.3 is 20.7 Å². The van der Waals surface area contributed by atoms with Crippen molar-refractivity contribution >= 4 is 16.8 Å². The van der Waals surface area contributed by atoms with Crippen molar-refractivity contribution in [3.63, 3.8) is 0 Å². The van der Waals surface area contributed by atoms with Gasteiger partial charge in [0.05, 0.1) is 12.1 Å². The molecule has 2 atom stereocenters. The van der Waals surface area contributed by atoms with Crippen molar-refractivity contribution < 1.29 is 9.90 Å². The quantitative estimate of drug-likeness (QED) is 0.757. The number of carbonyl (C=O) groups is 1. The molecule has 1 heterocycles. The van der Waals surface area contributed by atoms with Crippen molar-refractivity contribution in [2.75, 3.05) is 13.6 Å². The Hall–Kier alpha value is -1.85. The average Bonchev–Trinajstić information content (AvgIpc) is 2.80. The molecular weight excluding hydrogens is 254 g/mol. The lowest BCUT2D eigenvalue weighted by molar-refractivity contribution is -0.132. The van der Waals surface area contributed by atoms with Gasteiger partial charge in [0.1, 0.15) is 0 Å². The van der Waals surface area contributed by atoms with Crippen LogP contribution in [0.15, 0.2) is 30.5 Å². The Morgan fingerprint density at radius 1 is 1.45 bits per heavy atom. The lowest BCUT2D eigenvalue weighted by Crippen LogP contribution is -2.45. The third-order valence-electron chi connectivity index (χ3n) is 3.35. The maximum Gasteiger partial charge on any atom is 0.239 e. The average molecular weight is 275 g/mol. The minimum Gasteiger partial charge on any atom is -0.392 e. The highest BCUT2D eigenvalue weighted by Gasteiger charge is 2.20. The number of benzene rings is 1. The van der Waals surface area contributed by atoms with Crippen molar-refractivity contribution in [3.05, 3.63) is 36.0 Å². The minimum atomic E-state index is -0.599. The number of fused-ring (bicyclic) bond motifs is 1. The predicted molar refractivity (Wildman–Crippen MR) is 79.3 cm³/mol. The summed E-state index contributed by atoms with van der Waals surface area (Å²) in [6, 6.07) is 7.33. The molecule has 0 bridgehead atoms. The molecule has 1 amide bonds. The molecule has 2 rings (SSSR count). The van der Waals surface area contributed by atoms with Crippen LogP contribution in [-0.4, -0.2) is 46.6 Å². The van der Waals surface area contributed by atoms with Crippen LogP contribution in [-0.2, 0) is 11.2 Å². The second kappa shape index (κ2) is 6.07. The number of H-pyrrole nitrogens is 1. The summed E-state index contributed by atoms with van der Waals surface area (Å²) in [4.78, 5) is 16.8. The van der Waals surface area contributed by atoms with E-state index in [1.165, 1.54) is 4.90 Å². The Balaban J connectivity index is 2.07. The molecule has 0 spiro atoms. The Labute approximate surface area is 118 Å². The van der Waals surface area contributed by atoms with Crippen LogP contribution >= 0.6 is 0 Å². The normalized spacial score (nSPS) is 14.2. The number of aliphatic hydroxyl groups excluding tert-OH is 1. The first-order valence-corrected chi connectivity index (χ1v) is 6.72. The number of nitrogens with zero attached hydrogens (tertiary/aromatic N) is 1. The predicted octanol–water partition coefficient (Wildman–Crippen LogP) is 0.877. The van der Waals surface area contributed by atoms with Crippen LogP contribution in [0.25, 0.3) is 10.9 Å². The molecule has 5 heteroatoms. The van der Waals surface area contributed by atoms with Gasteiger partial charge in [0.25, 0.3) is 0 Å². The van der Waals surface area contributed by atoms with Crippen LogP contribution in [0.4, 0.5) is 0 Å². The van der Waals surface area contributed by atoms with Crippen LogP contribution in [0.3, 0.4) is 0 Å². The van der Waals surface area contributed by atoms with Crippen molar-refractivity contribution in [3.8, 4) is 0 Å². The summed E-state index contributed by atoms with van der Waals surface area (Å²) in [5.41, 5.74) is 8.06. The molecule has 0 saturated carbocycles. The van der Waals surface area contributed by atoms with Crippen LogP contribution in [0, 0.1) is 0 Å². The fourth-order valence-electron chi connectivity index (χ4n) is 2.39. The molecular formula is C15H21N3O2. The van der Waals surface area contributed by atoms with Gasteiger partial charge in [0.15, 0.2) is 0 Å². The Bertz CT molecular complexity index is 592. The molecule has 0 aliphatic heterocycles. The molecule has 1 aromatic heterocycles. The van der Waals surface area contributed by atoms with E-state index in [0.29, 0.717) is 13.0 Å². The summed E-state index contributed by atoms with van der Waals surface area (Å²) in [6.45, 7) is 1.94. The summed E-state index contributed by atoms with van der Waals surface area (Å²) in [5.74, 6) is -0.156. The monoisotopic (exact) mass is 275 g/mol. The minimum absolute atomic E-state index is 0.156. The summed E-state index contributed by atoms with van der Waals surface area (Å²) < 4.78 is 0. The summed E-state index contributed by atoms with van der Waals surface area (Å²) in [6.07, 6.45) is 1.82. The summed E-state index contributed by atoms with van der Waals surface area (Å²) in [7, 11) is 1.66. The highest BCUT2D eigenvalue weighted by Crippen LogP contribution is 2.19. The van der Waals surface area contributed by atoms with E-state index in [9.17, 15) is 9.90 Å². The van der Waals surface area contributed by atoms with Crippen molar-refractivity contribution in [1.29, 1.82) is 0 Å². The number of nitrogens with two attached hydrogens (primary N) is 1. The highest BCUT2D eigenvalue weighted by atomic mass is 16.3. The van der Waals surface area contributed by atoms with Gasteiger partial charge in [-0.3, -0.25) is 4.79 Å². The largest absolute Gasteiger partial charge is 0.392 e. The van der Waals surface area contributed by atoms with Crippen LogP contribution in [0.1, 0.15) is 12.5 Å². The van der Waals surface area contributed by atoms with E-state index in [1.807, 2.05) is 30.5 Å². The highest BCUT2D eigenvalue weighted by molar-refractivity contribution is 5.86. The molecule has 0 radical (unpaired) electrons. The molecule has 20 heavy (non-hydrogen) atoms. The molecule has 0 fully saturated rings. The first-order chi connectivity index (χ1) is 9.49. The number of aliphatic hydroxyl groups is 1. The van der Waals surface area contributed by atoms with Gasteiger partial charge in [-0.25, -0.2) is 0 Å². The second-order valence-electron chi connectivity index (χ2n) is 5.24. The number of aromatic amines is 1. The molecule has 0 saturated heterocycles. The molecule has 4 N–H and O–H groups in total. The zero-order valence-electron chi connectivity index (χ0n) is 11.8. The Morgan fingerprint density at radius 2 is 2.15 bits per heavy atom. The maximum absolute atomic E-state index is 12.1. The number of hydrogen-bond donors (Lipinski definition) is 3. The molecule has 5 nitrogen and oxygen atoms in total. The molecule has 0 aliphatic rings. The number of carbonyl (C=O) groups excluding carboxylic acids is 1. The molecule has 108 valence electrons. The number of hydrogen-bond acceptors (Lipinski definition) is 3. The zero-order valence-corrected chi connectivity index (χ0v) is 11.8. The fourth-order valence-corrected chi connectivity index (χ4v) is 2.39. The molecule has 0 aliphatic carbocycles. The number of likely N-dealkylation sites (N-methyl/N-ethyl adjacent to an activating group) is 1. The molecule has 1 aromatic carbocycles. The van der Waals surface area contributed by atoms with Crippen molar-refractivity contribution in [2.45, 2.75) is 25.5 Å². The number of rotatable bonds is 5. The van der Waals surface area contributed by atoms with Crippen molar-refractivity contribution in [2.24, 2.45) is 5.73 Å². The van der Waals surface area contributed by atoms with E-state index in [4.69, 9.17) is 5.73 Å². The molecule has 2 unspecified atom stereocenters. The topological polar surface area (TPSA) is 82.3 Å². The third-order valence-corrected chi connectivity index (χ3v) is 3.35. The van der Waals surface area contributed by atoms with Gasteiger partial charge in [0.2, 0.25) is 5.91 Å². The van der Waals surface area contributed by atoms with E-state index in [1.54, 1.807) is 14.0 Å². The van der Waals surface area contributed by atoms with Crippen LogP contribution in [0.5, 0.6) is 0 Å². The van der Waals surface area contributed by atoms with E-state index < -0.39 is 12.1 Å². The van der Waals surface area contributed by atoms with Gasteiger partial charge in [-0.2, -0.15) is 0 Å². The molecule has 2 aromatic rings. The van der Waals surface area contributed by atoms with E-state index in [-0.39, 0.29) is 5.91 Å². The van der Waals surface area contributed by atoms with Crippen LogP contribution < -0.4 is 5.73 Å². The first kappa shape index (κ1) is 14.6. The fraction of sp³-hybridized carbons (Fsp3) is 0.400. The standard InChI is InChI=1S/C15H21N3O2/c1-10(19)9-18(2)15(20)13(16)7-11-8-17-14-6-4-3-5-12(11)14/h3-6,8,10,13,17,19H,7,9,16H2,1-2H3. The van der Waals surface area contributed by atoms with Gasteiger partial charge in [-0.1, -0.05) is 18.2 Å². The van der Waals surface area contributed by atoms with Crippen LogP contribution in [0.2, 0.25) is 0 Å². The SMILES string of the molecule is CC(O)CN(C)C(=O)C(N)Cc1c[nH]c2ccccc12. The zero-order chi connectivity index (χ0) is 14.7. The Morgan fingerprint density at radius 3 is 2.85 bits per heavy atom. The summed E-state index contributed by atoms with van der Waals surface area (Å²) >= 11 is 0. The van der Waals surface area contributed by atoms with E-state index in [2.05, 4.69) is 4.98 Å². The lowest BCUT2D eigenvalue weighted by Gasteiger charge is -2.22. The van der Waals surface area contributed by atoms with Gasteiger partial charge in [0, 0.05) is 30.7 Å². The smallest absolute Gasteiger partial charge is 0.239 e. The first-order valence-electron chi connectivity index (χ1n) is 6.72. The van der Waals surface area contributed by atoms with Crippen molar-refractivity contribution in [1.82, 2.24) is 9.88 Å². The summed E-state index contributed by atoms with van der Waals surface area (Å²) in [5, 5.41) is 10.4. The number of aromatic nitrogens is 1. The third kappa shape index (κ3) is 3.18. The number of para-hydroxylation sites is 1. The second-order valence-corrected chi connectivity index (χ2v) is 5.24.